The first kappa shape index (κ1) is 13.1. The smallest absolute Gasteiger partial charge is 0.350 e. The summed E-state index contributed by atoms with van der Waals surface area (Å²) < 4.78 is 13.0. The van der Waals surface area contributed by atoms with Gasteiger partial charge in [-0.2, -0.15) is 4.98 Å². The van der Waals surface area contributed by atoms with E-state index in [9.17, 15) is 19.2 Å². The third-order valence-corrected chi connectivity index (χ3v) is 4.87. The van der Waals surface area contributed by atoms with Crippen molar-refractivity contribution in [2.75, 3.05) is 12.3 Å². The van der Waals surface area contributed by atoms with Gasteiger partial charge < -0.3 is 21.1 Å². The molecule has 0 bridgehead atoms. The zero-order valence-corrected chi connectivity index (χ0v) is 10.0. The van der Waals surface area contributed by atoms with Crippen LogP contribution in [-0.2, 0) is 10.8 Å². The lowest BCUT2D eigenvalue weighted by atomic mass is 10.1. The number of rotatable bonds is 2. The Morgan fingerprint density at radius 3 is 2.61 bits per heavy atom. The van der Waals surface area contributed by atoms with Gasteiger partial charge in [0.25, 0.3) is 0 Å². The van der Waals surface area contributed by atoms with E-state index < -0.39 is 45.9 Å². The van der Waals surface area contributed by atoms with Crippen molar-refractivity contribution in [3.05, 3.63) is 22.7 Å². The molecule has 1 fully saturated rings. The van der Waals surface area contributed by atoms with Crippen molar-refractivity contribution in [2.45, 2.75) is 22.8 Å². The van der Waals surface area contributed by atoms with Gasteiger partial charge in [-0.15, -0.1) is 0 Å². The van der Waals surface area contributed by atoms with Crippen LogP contribution < -0.4 is 11.4 Å². The minimum Gasteiger partial charge on any atom is -0.395 e. The number of aliphatic hydroxyl groups is 3. The largest absolute Gasteiger partial charge is 0.395 e. The molecule has 0 aliphatic carbocycles. The van der Waals surface area contributed by atoms with Crippen LogP contribution in [0.15, 0.2) is 17.1 Å². The van der Waals surface area contributed by atoms with Crippen molar-refractivity contribution >= 4 is 16.6 Å². The normalized spacial score (nSPS) is 35.8. The maximum atomic E-state index is 12.0. The summed E-state index contributed by atoms with van der Waals surface area (Å²) in [5, 5.41) is 26.3. The van der Waals surface area contributed by atoms with Gasteiger partial charge in [-0.25, -0.2) is 4.79 Å². The number of nitrogens with zero attached hydrogens (tertiary/aromatic N) is 2. The highest BCUT2D eigenvalue weighted by molar-refractivity contribution is 7.86. The molecule has 1 unspecified atom stereocenters. The molecule has 0 spiro atoms. The Labute approximate surface area is 104 Å². The number of aromatic nitrogens is 2. The van der Waals surface area contributed by atoms with Gasteiger partial charge in [-0.05, 0) is 6.07 Å². The molecule has 1 aliphatic heterocycles. The van der Waals surface area contributed by atoms with Crippen molar-refractivity contribution in [1.29, 1.82) is 0 Å². The summed E-state index contributed by atoms with van der Waals surface area (Å²) in [6, 6.07) is 1.32. The van der Waals surface area contributed by atoms with Crippen LogP contribution in [0, 0.1) is 0 Å². The summed E-state index contributed by atoms with van der Waals surface area (Å²) in [7, 11) is -1.79. The van der Waals surface area contributed by atoms with Crippen molar-refractivity contribution in [3.63, 3.8) is 0 Å². The first-order valence-corrected chi connectivity index (χ1v) is 6.46. The Kier molecular flexibility index (Phi) is 3.48. The molecule has 1 saturated heterocycles. The number of nitrogens with two attached hydrogens (primary N) is 1. The van der Waals surface area contributed by atoms with E-state index in [1.807, 2.05) is 0 Å². The number of anilines is 1. The van der Waals surface area contributed by atoms with E-state index >= 15 is 0 Å². The van der Waals surface area contributed by atoms with E-state index in [1.165, 1.54) is 12.3 Å². The fraction of sp³-hybridized carbons (Fsp3) is 0.556. The van der Waals surface area contributed by atoms with Gasteiger partial charge >= 0.3 is 5.69 Å². The second kappa shape index (κ2) is 4.76. The number of aliphatic hydroxyl groups excluding tert-OH is 3. The molecule has 0 aromatic carbocycles. The third kappa shape index (κ3) is 1.94. The first-order valence-electron chi connectivity index (χ1n) is 5.18. The molecule has 5 atom stereocenters. The molecular formula is C9H13N3O5S. The van der Waals surface area contributed by atoms with Crippen LogP contribution in [0.5, 0.6) is 0 Å². The van der Waals surface area contributed by atoms with Crippen LogP contribution in [-0.4, -0.2) is 53.1 Å². The maximum absolute atomic E-state index is 12.0. The molecule has 0 amide bonds. The fourth-order valence-electron chi connectivity index (χ4n) is 1.92. The molecule has 0 saturated carbocycles. The average Bonchev–Trinajstić information content (AvgIpc) is 2.52. The highest BCUT2D eigenvalue weighted by Crippen LogP contribution is 2.31. The Morgan fingerprint density at radius 2 is 2.11 bits per heavy atom. The van der Waals surface area contributed by atoms with Gasteiger partial charge in [0.05, 0.1) is 28.8 Å². The standard InChI is InChI=1S/C9H13N3O5S/c10-5-1-2-12(9(16)11-5)8-7(15)6(14)4(3-13)18(8)17/h1-2,4,6-8,13-15H,3H2,(H2,10,11,16)/t4-,6-,7-,8-,18?/m1/s1. The predicted molar refractivity (Wildman–Crippen MR) is 63.0 cm³/mol. The minimum absolute atomic E-state index is 0.00813. The van der Waals surface area contributed by atoms with Gasteiger partial charge in [0.1, 0.15) is 17.3 Å². The van der Waals surface area contributed by atoms with Crippen molar-refractivity contribution in [1.82, 2.24) is 9.55 Å². The second-order valence-corrected chi connectivity index (χ2v) is 5.71. The third-order valence-electron chi connectivity index (χ3n) is 2.87. The van der Waals surface area contributed by atoms with Crippen LogP contribution in [0.3, 0.4) is 0 Å². The van der Waals surface area contributed by atoms with E-state index in [2.05, 4.69) is 4.98 Å². The molecule has 9 heteroatoms. The van der Waals surface area contributed by atoms with E-state index in [-0.39, 0.29) is 5.82 Å². The lowest BCUT2D eigenvalue weighted by molar-refractivity contribution is 0.0101. The second-order valence-electron chi connectivity index (χ2n) is 3.96. The Morgan fingerprint density at radius 1 is 1.44 bits per heavy atom. The van der Waals surface area contributed by atoms with Crippen LogP contribution in [0.25, 0.3) is 0 Å². The lowest BCUT2D eigenvalue weighted by Gasteiger charge is -2.16. The van der Waals surface area contributed by atoms with Crippen LogP contribution in [0.4, 0.5) is 5.82 Å². The van der Waals surface area contributed by atoms with Gasteiger partial charge in [-0.1, -0.05) is 0 Å². The number of hydrogen-bond acceptors (Lipinski definition) is 7. The molecule has 1 aromatic rings. The van der Waals surface area contributed by atoms with Gasteiger partial charge in [0.2, 0.25) is 0 Å². The summed E-state index contributed by atoms with van der Waals surface area (Å²) in [5.74, 6) is 0.00813. The van der Waals surface area contributed by atoms with E-state index in [1.54, 1.807) is 0 Å². The highest BCUT2D eigenvalue weighted by atomic mass is 32.2. The van der Waals surface area contributed by atoms with Crippen molar-refractivity contribution < 1.29 is 19.5 Å². The molecule has 1 aliphatic rings. The zero-order valence-electron chi connectivity index (χ0n) is 9.21. The molecule has 1 aromatic heterocycles. The van der Waals surface area contributed by atoms with Gasteiger partial charge in [0, 0.05) is 6.20 Å². The highest BCUT2D eigenvalue weighted by Gasteiger charge is 2.48. The maximum Gasteiger partial charge on any atom is 0.350 e. The first-order chi connectivity index (χ1) is 8.47. The Bertz CT molecular complexity index is 533. The lowest BCUT2D eigenvalue weighted by Crippen LogP contribution is -2.36. The Balaban J connectivity index is 2.45. The topological polar surface area (TPSA) is 139 Å². The average molecular weight is 275 g/mol. The minimum atomic E-state index is -1.79. The van der Waals surface area contributed by atoms with E-state index in [4.69, 9.17) is 10.8 Å². The Hall–Kier alpha value is -1.29. The van der Waals surface area contributed by atoms with Gasteiger partial charge in [0.15, 0.2) is 0 Å². The SMILES string of the molecule is Nc1ccn([C@H]2[C@H](O)[C@H](O)[C@@H](CO)S2=O)c(=O)n1. The molecule has 8 nitrogen and oxygen atoms in total. The quantitative estimate of drug-likeness (QED) is 0.456. The molecule has 5 N–H and O–H groups in total. The van der Waals surface area contributed by atoms with Crippen molar-refractivity contribution in [3.8, 4) is 0 Å². The predicted octanol–water partition coefficient (Wildman–Crippen LogP) is -2.83. The summed E-state index contributed by atoms with van der Waals surface area (Å²) >= 11 is 0. The summed E-state index contributed by atoms with van der Waals surface area (Å²) in [6.07, 6.45) is -1.51. The van der Waals surface area contributed by atoms with Crippen molar-refractivity contribution in [2.24, 2.45) is 0 Å². The molecular weight excluding hydrogens is 262 g/mol. The van der Waals surface area contributed by atoms with E-state index in [0.29, 0.717) is 0 Å². The van der Waals surface area contributed by atoms with Crippen LogP contribution in [0.1, 0.15) is 5.37 Å². The number of hydrogen-bond donors (Lipinski definition) is 4. The summed E-state index contributed by atoms with van der Waals surface area (Å²) in [6.45, 7) is -0.543. The van der Waals surface area contributed by atoms with E-state index in [0.717, 1.165) is 4.57 Å². The molecule has 2 heterocycles. The summed E-state index contributed by atoms with van der Waals surface area (Å²) in [5.41, 5.74) is 4.56. The van der Waals surface area contributed by atoms with Gasteiger partial charge in [-0.3, -0.25) is 8.78 Å². The fourth-order valence-corrected chi connectivity index (χ4v) is 3.68. The zero-order chi connectivity index (χ0) is 13.4. The van der Waals surface area contributed by atoms with Crippen LogP contribution in [0.2, 0.25) is 0 Å². The van der Waals surface area contributed by atoms with Crippen LogP contribution >= 0.6 is 0 Å². The molecule has 18 heavy (non-hydrogen) atoms. The molecule has 2 rings (SSSR count). The number of nitrogen functional groups attached to an aromatic ring is 1. The monoisotopic (exact) mass is 275 g/mol. The molecule has 0 radical (unpaired) electrons. The molecule has 100 valence electrons. The summed E-state index contributed by atoms with van der Waals surface area (Å²) in [4.78, 5) is 15.1.